The van der Waals surface area contributed by atoms with Crippen LogP contribution in [0.25, 0.3) is 0 Å². The minimum atomic E-state index is 0.00667. The van der Waals surface area contributed by atoms with Gasteiger partial charge in [0, 0.05) is 13.0 Å². The summed E-state index contributed by atoms with van der Waals surface area (Å²) in [4.78, 5) is 11.3. The molecule has 0 saturated carbocycles. The molecule has 60 valence electrons. The van der Waals surface area contributed by atoms with E-state index in [1.165, 1.54) is 10.9 Å². The highest BCUT2D eigenvalue weighted by molar-refractivity contribution is 5.95. The molecule has 0 bridgehead atoms. The summed E-state index contributed by atoms with van der Waals surface area (Å²) < 4.78 is 1.49. The van der Waals surface area contributed by atoms with E-state index >= 15 is 0 Å². The fourth-order valence-corrected chi connectivity index (χ4v) is 0.809. The van der Waals surface area contributed by atoms with Crippen LogP contribution >= 0.6 is 0 Å². The SMILES string of the molecule is CC(C)C(=O)c1cnnn1C. The zero-order chi connectivity index (χ0) is 8.43. The molecule has 11 heavy (non-hydrogen) atoms. The molecule has 0 fully saturated rings. The van der Waals surface area contributed by atoms with Crippen molar-refractivity contribution in [1.29, 1.82) is 0 Å². The zero-order valence-electron chi connectivity index (χ0n) is 6.90. The van der Waals surface area contributed by atoms with Gasteiger partial charge in [0.2, 0.25) is 0 Å². The molecule has 0 aliphatic carbocycles. The average Bonchev–Trinajstić information content (AvgIpc) is 2.33. The Labute approximate surface area is 65.2 Å². The summed E-state index contributed by atoms with van der Waals surface area (Å²) in [5, 5.41) is 7.28. The first-order valence-corrected chi connectivity index (χ1v) is 3.52. The van der Waals surface area contributed by atoms with Crippen LogP contribution in [0.1, 0.15) is 24.3 Å². The highest BCUT2D eigenvalue weighted by Crippen LogP contribution is 2.04. The second kappa shape index (κ2) is 2.82. The number of aromatic nitrogens is 3. The van der Waals surface area contributed by atoms with Crippen LogP contribution in [-0.4, -0.2) is 20.8 Å². The van der Waals surface area contributed by atoms with E-state index in [-0.39, 0.29) is 11.7 Å². The molecule has 1 rings (SSSR count). The second-order valence-electron chi connectivity index (χ2n) is 2.76. The van der Waals surface area contributed by atoms with Gasteiger partial charge in [0.1, 0.15) is 5.69 Å². The first-order chi connectivity index (χ1) is 5.13. The molecule has 1 aromatic heterocycles. The molecule has 1 heterocycles. The summed E-state index contributed by atoms with van der Waals surface area (Å²) in [5.74, 6) is 0.0877. The Morgan fingerprint density at radius 3 is 2.64 bits per heavy atom. The van der Waals surface area contributed by atoms with Gasteiger partial charge >= 0.3 is 0 Å². The third-order valence-corrected chi connectivity index (χ3v) is 1.49. The van der Waals surface area contributed by atoms with Crippen LogP contribution in [-0.2, 0) is 7.05 Å². The second-order valence-corrected chi connectivity index (χ2v) is 2.76. The van der Waals surface area contributed by atoms with E-state index in [4.69, 9.17) is 0 Å². The van der Waals surface area contributed by atoms with E-state index in [2.05, 4.69) is 10.3 Å². The fourth-order valence-electron chi connectivity index (χ4n) is 0.809. The molecule has 4 nitrogen and oxygen atoms in total. The van der Waals surface area contributed by atoms with Crippen molar-refractivity contribution in [2.24, 2.45) is 13.0 Å². The monoisotopic (exact) mass is 153 g/mol. The third kappa shape index (κ3) is 1.45. The predicted octanol–water partition coefficient (Wildman–Crippen LogP) is 0.654. The standard InChI is InChI=1S/C7H11N3O/c1-5(2)7(11)6-4-8-9-10(6)3/h4-5H,1-3H3. The van der Waals surface area contributed by atoms with E-state index in [1.807, 2.05) is 13.8 Å². The van der Waals surface area contributed by atoms with Gasteiger partial charge in [-0.3, -0.25) is 4.79 Å². The zero-order valence-corrected chi connectivity index (χ0v) is 6.90. The minimum absolute atomic E-state index is 0.00667. The number of hydrogen-bond donors (Lipinski definition) is 0. The summed E-state index contributed by atoms with van der Waals surface area (Å²) in [6.45, 7) is 3.71. The quantitative estimate of drug-likeness (QED) is 0.586. The fraction of sp³-hybridized carbons (Fsp3) is 0.571. The van der Waals surface area contributed by atoms with E-state index in [0.717, 1.165) is 0 Å². The number of Topliss-reactive ketones (excluding diaryl/α,β-unsaturated/α-hetero) is 1. The van der Waals surface area contributed by atoms with Crippen LogP contribution < -0.4 is 0 Å². The normalized spacial score (nSPS) is 10.5. The van der Waals surface area contributed by atoms with Gasteiger partial charge < -0.3 is 0 Å². The smallest absolute Gasteiger partial charge is 0.185 e. The van der Waals surface area contributed by atoms with Crippen molar-refractivity contribution < 1.29 is 4.79 Å². The van der Waals surface area contributed by atoms with E-state index in [0.29, 0.717) is 5.69 Å². The van der Waals surface area contributed by atoms with Gasteiger partial charge in [0.15, 0.2) is 5.78 Å². The van der Waals surface area contributed by atoms with Crippen LogP contribution in [0.2, 0.25) is 0 Å². The van der Waals surface area contributed by atoms with Crippen molar-refractivity contribution in [2.75, 3.05) is 0 Å². The van der Waals surface area contributed by atoms with Crippen molar-refractivity contribution in [2.45, 2.75) is 13.8 Å². The summed E-state index contributed by atoms with van der Waals surface area (Å²) >= 11 is 0. The lowest BCUT2D eigenvalue weighted by Crippen LogP contribution is -2.12. The predicted molar refractivity (Wildman–Crippen MR) is 40.2 cm³/mol. The molecule has 0 spiro atoms. The van der Waals surface area contributed by atoms with Crippen LogP contribution in [0.3, 0.4) is 0 Å². The number of carbonyl (C=O) groups is 1. The maximum Gasteiger partial charge on any atom is 0.185 e. The van der Waals surface area contributed by atoms with Gasteiger partial charge in [-0.25, -0.2) is 4.68 Å². The van der Waals surface area contributed by atoms with Gasteiger partial charge in [0.05, 0.1) is 6.20 Å². The Balaban J connectivity index is 2.93. The van der Waals surface area contributed by atoms with E-state index < -0.39 is 0 Å². The highest BCUT2D eigenvalue weighted by Gasteiger charge is 2.13. The number of rotatable bonds is 2. The van der Waals surface area contributed by atoms with Crippen molar-refractivity contribution in [3.8, 4) is 0 Å². The lowest BCUT2D eigenvalue weighted by molar-refractivity contribution is 0.0930. The number of ketones is 1. The minimum Gasteiger partial charge on any atom is -0.292 e. The third-order valence-electron chi connectivity index (χ3n) is 1.49. The van der Waals surface area contributed by atoms with Gasteiger partial charge in [-0.05, 0) is 0 Å². The molecular weight excluding hydrogens is 142 g/mol. The Kier molecular flexibility index (Phi) is 2.03. The Hall–Kier alpha value is -1.19. The summed E-state index contributed by atoms with van der Waals surface area (Å²) in [6.07, 6.45) is 1.49. The van der Waals surface area contributed by atoms with Crippen LogP contribution in [0.4, 0.5) is 0 Å². The molecule has 0 radical (unpaired) electrons. The topological polar surface area (TPSA) is 47.8 Å². The Morgan fingerprint density at radius 1 is 1.64 bits per heavy atom. The molecule has 0 aromatic carbocycles. The number of nitrogens with zero attached hydrogens (tertiary/aromatic N) is 3. The Bertz CT molecular complexity index is 264. The molecule has 0 saturated heterocycles. The number of carbonyl (C=O) groups excluding carboxylic acids is 1. The van der Waals surface area contributed by atoms with Gasteiger partial charge in [-0.2, -0.15) is 0 Å². The molecule has 0 amide bonds. The summed E-state index contributed by atoms with van der Waals surface area (Å²) in [5.41, 5.74) is 0.569. The maximum absolute atomic E-state index is 11.3. The molecule has 4 heteroatoms. The van der Waals surface area contributed by atoms with E-state index in [9.17, 15) is 4.79 Å². The molecule has 0 unspecified atom stereocenters. The first kappa shape index (κ1) is 7.91. The number of hydrogen-bond acceptors (Lipinski definition) is 3. The van der Waals surface area contributed by atoms with Gasteiger partial charge in [0.25, 0.3) is 0 Å². The first-order valence-electron chi connectivity index (χ1n) is 3.52. The molecule has 0 aliphatic heterocycles. The molecular formula is C7H11N3O. The van der Waals surface area contributed by atoms with Crippen LogP contribution in [0.15, 0.2) is 6.20 Å². The average molecular weight is 153 g/mol. The molecule has 0 aliphatic rings. The largest absolute Gasteiger partial charge is 0.292 e. The summed E-state index contributed by atoms with van der Waals surface area (Å²) in [6, 6.07) is 0. The Morgan fingerprint density at radius 2 is 2.27 bits per heavy atom. The van der Waals surface area contributed by atoms with Crippen molar-refractivity contribution in [1.82, 2.24) is 15.0 Å². The number of aryl methyl sites for hydroxylation is 1. The van der Waals surface area contributed by atoms with Crippen molar-refractivity contribution in [3.63, 3.8) is 0 Å². The lowest BCUT2D eigenvalue weighted by Gasteiger charge is -2.01. The maximum atomic E-state index is 11.3. The van der Waals surface area contributed by atoms with E-state index in [1.54, 1.807) is 7.05 Å². The molecule has 0 atom stereocenters. The molecule has 1 aromatic rings. The highest BCUT2D eigenvalue weighted by atomic mass is 16.1. The van der Waals surface area contributed by atoms with Crippen LogP contribution in [0, 0.1) is 5.92 Å². The van der Waals surface area contributed by atoms with Crippen molar-refractivity contribution >= 4 is 5.78 Å². The molecule has 0 N–H and O–H groups in total. The summed E-state index contributed by atoms with van der Waals surface area (Å²) in [7, 11) is 1.71. The van der Waals surface area contributed by atoms with Crippen molar-refractivity contribution in [3.05, 3.63) is 11.9 Å². The van der Waals surface area contributed by atoms with Crippen LogP contribution in [0.5, 0.6) is 0 Å². The van der Waals surface area contributed by atoms with Gasteiger partial charge in [-0.1, -0.05) is 19.1 Å². The van der Waals surface area contributed by atoms with Gasteiger partial charge in [-0.15, -0.1) is 5.10 Å². The lowest BCUT2D eigenvalue weighted by atomic mass is 10.1.